The molecule has 6 nitrogen and oxygen atoms in total. The molecule has 7 heteroatoms. The molecule has 0 fully saturated rings. The lowest BCUT2D eigenvalue weighted by atomic mass is 10.2. The highest BCUT2D eigenvalue weighted by atomic mass is 32.2. The van der Waals surface area contributed by atoms with Gasteiger partial charge in [0.05, 0.1) is 6.07 Å². The topological polar surface area (TPSA) is 99.1 Å². The van der Waals surface area contributed by atoms with Gasteiger partial charge in [0.25, 0.3) is 0 Å². The molecule has 0 radical (unpaired) electrons. The first-order valence-electron chi connectivity index (χ1n) is 4.73. The largest absolute Gasteiger partial charge is 0.345 e. The van der Waals surface area contributed by atoms with E-state index in [0.29, 0.717) is 12.2 Å². The third-order valence-electron chi connectivity index (χ3n) is 1.75. The number of hydrogen-bond acceptors (Lipinski definition) is 4. The Labute approximate surface area is 96.8 Å². The maximum Gasteiger partial charge on any atom is 0.310 e. The van der Waals surface area contributed by atoms with E-state index in [9.17, 15) is 13.8 Å². The van der Waals surface area contributed by atoms with Crippen molar-refractivity contribution in [1.82, 2.24) is 10.6 Å². The van der Waals surface area contributed by atoms with E-state index < -0.39 is 22.6 Å². The minimum atomic E-state index is -0.911. The smallest absolute Gasteiger partial charge is 0.310 e. The lowest BCUT2D eigenvalue weighted by Crippen LogP contribution is -2.44. The molecule has 0 aromatic heterocycles. The molecule has 2 atom stereocenters. The molecule has 90 valence electrons. The van der Waals surface area contributed by atoms with Crippen LogP contribution in [-0.4, -0.2) is 40.6 Å². The van der Waals surface area contributed by atoms with E-state index in [1.165, 1.54) is 0 Å². The van der Waals surface area contributed by atoms with Crippen molar-refractivity contribution in [2.45, 2.75) is 19.4 Å². The fourth-order valence-electron chi connectivity index (χ4n) is 0.904. The number of amides is 2. The van der Waals surface area contributed by atoms with Crippen LogP contribution in [0.1, 0.15) is 13.3 Å². The summed E-state index contributed by atoms with van der Waals surface area (Å²) in [7, 11) is -0.911. The van der Waals surface area contributed by atoms with Crippen molar-refractivity contribution in [3.05, 3.63) is 0 Å². The number of nitrogens with zero attached hydrogens (tertiary/aromatic N) is 1. The van der Waals surface area contributed by atoms with Crippen molar-refractivity contribution in [2.75, 3.05) is 18.6 Å². The zero-order valence-corrected chi connectivity index (χ0v) is 10.1. The van der Waals surface area contributed by atoms with Crippen LogP contribution in [0.4, 0.5) is 0 Å². The van der Waals surface area contributed by atoms with Crippen LogP contribution in [0.5, 0.6) is 0 Å². The highest BCUT2D eigenvalue weighted by Gasteiger charge is 2.15. The van der Waals surface area contributed by atoms with Crippen LogP contribution in [0.2, 0.25) is 0 Å². The third kappa shape index (κ3) is 6.95. The van der Waals surface area contributed by atoms with Crippen LogP contribution in [0.15, 0.2) is 0 Å². The summed E-state index contributed by atoms with van der Waals surface area (Å²) >= 11 is 0. The molecule has 16 heavy (non-hydrogen) atoms. The molecular formula is C9H15N3O3S. The van der Waals surface area contributed by atoms with Crippen LogP contribution in [0, 0.1) is 11.3 Å². The van der Waals surface area contributed by atoms with E-state index in [1.54, 1.807) is 19.2 Å². The Morgan fingerprint density at radius 3 is 2.56 bits per heavy atom. The van der Waals surface area contributed by atoms with Gasteiger partial charge in [0.1, 0.15) is 6.54 Å². The molecule has 0 aromatic carbocycles. The van der Waals surface area contributed by atoms with Crippen LogP contribution in [0.3, 0.4) is 0 Å². The summed E-state index contributed by atoms with van der Waals surface area (Å²) in [5.74, 6) is -1.13. The minimum absolute atomic E-state index is 0.195. The molecule has 2 unspecified atom stereocenters. The van der Waals surface area contributed by atoms with Gasteiger partial charge in [-0.25, -0.2) is 0 Å². The quantitative estimate of drug-likeness (QED) is 0.474. The van der Waals surface area contributed by atoms with Crippen LogP contribution >= 0.6 is 0 Å². The molecule has 0 aromatic rings. The Balaban J connectivity index is 3.90. The van der Waals surface area contributed by atoms with Gasteiger partial charge in [-0.1, -0.05) is 0 Å². The van der Waals surface area contributed by atoms with Crippen LogP contribution < -0.4 is 10.6 Å². The van der Waals surface area contributed by atoms with E-state index in [-0.39, 0.29) is 12.6 Å². The summed E-state index contributed by atoms with van der Waals surface area (Å²) in [6, 6.07) is 1.48. The van der Waals surface area contributed by atoms with Crippen molar-refractivity contribution >= 4 is 22.6 Å². The highest BCUT2D eigenvalue weighted by molar-refractivity contribution is 7.84. The predicted molar refractivity (Wildman–Crippen MR) is 59.8 cm³/mol. The monoisotopic (exact) mass is 245 g/mol. The first-order chi connectivity index (χ1) is 7.47. The Morgan fingerprint density at radius 2 is 2.06 bits per heavy atom. The predicted octanol–water partition coefficient (Wildman–Crippen LogP) is -1.10. The summed E-state index contributed by atoms with van der Waals surface area (Å²) in [5, 5.41) is 12.8. The first kappa shape index (κ1) is 14.6. The van der Waals surface area contributed by atoms with Gasteiger partial charge in [0.15, 0.2) is 0 Å². The van der Waals surface area contributed by atoms with Gasteiger partial charge in [0.2, 0.25) is 0 Å². The lowest BCUT2D eigenvalue weighted by Gasteiger charge is -2.12. The number of rotatable bonds is 5. The number of nitrogens with one attached hydrogen (secondary N) is 2. The van der Waals surface area contributed by atoms with Crippen molar-refractivity contribution in [3.63, 3.8) is 0 Å². The van der Waals surface area contributed by atoms with Crippen LogP contribution in [-0.2, 0) is 20.4 Å². The maximum absolute atomic E-state index is 11.2. The summed E-state index contributed by atoms with van der Waals surface area (Å²) in [6.45, 7) is 1.53. The maximum atomic E-state index is 11.2. The first-order valence-corrected chi connectivity index (χ1v) is 6.45. The molecule has 0 spiro atoms. The second-order valence-corrected chi connectivity index (χ2v) is 4.84. The standard InChI is InChI=1S/C9H15N3O3S/c1-7(3-6-16(2)15)12-9(14)8(13)11-5-4-10/h7H,3,5-6H2,1-2H3,(H,11,13)(H,12,14). The van der Waals surface area contributed by atoms with Gasteiger partial charge < -0.3 is 10.6 Å². The van der Waals surface area contributed by atoms with Gasteiger partial charge in [-0.3, -0.25) is 13.8 Å². The third-order valence-corrected chi connectivity index (χ3v) is 2.56. The Bertz CT molecular complexity index is 324. The molecule has 0 aliphatic rings. The van der Waals surface area contributed by atoms with Gasteiger partial charge in [-0.05, 0) is 13.3 Å². The molecular weight excluding hydrogens is 230 g/mol. The minimum Gasteiger partial charge on any atom is -0.345 e. The van der Waals surface area contributed by atoms with E-state index in [2.05, 4.69) is 10.6 Å². The number of carbonyl (C=O) groups excluding carboxylic acids is 2. The summed E-state index contributed by atoms with van der Waals surface area (Å²) in [4.78, 5) is 22.2. The zero-order valence-electron chi connectivity index (χ0n) is 9.28. The summed E-state index contributed by atoms with van der Waals surface area (Å²) < 4.78 is 10.8. The SMILES string of the molecule is CC(CCS(C)=O)NC(=O)C(=O)NCC#N. The normalized spacial score (nSPS) is 13.3. The highest BCUT2D eigenvalue weighted by Crippen LogP contribution is 1.92. The van der Waals surface area contributed by atoms with Gasteiger partial charge in [0, 0.05) is 28.9 Å². The van der Waals surface area contributed by atoms with E-state index in [1.807, 2.05) is 0 Å². The molecule has 2 N–H and O–H groups in total. The van der Waals surface area contributed by atoms with E-state index in [4.69, 9.17) is 5.26 Å². The van der Waals surface area contributed by atoms with Crippen LogP contribution in [0.25, 0.3) is 0 Å². The Hall–Kier alpha value is -1.42. The van der Waals surface area contributed by atoms with E-state index >= 15 is 0 Å². The molecule has 0 aliphatic carbocycles. The second kappa shape index (κ2) is 7.82. The summed E-state index contributed by atoms with van der Waals surface area (Å²) in [5.41, 5.74) is 0. The molecule has 2 amide bonds. The number of hydrogen-bond donors (Lipinski definition) is 2. The molecule has 0 aliphatic heterocycles. The van der Waals surface area contributed by atoms with Gasteiger partial charge in [-0.15, -0.1) is 0 Å². The van der Waals surface area contributed by atoms with Crippen molar-refractivity contribution in [1.29, 1.82) is 5.26 Å². The fraction of sp³-hybridized carbons (Fsp3) is 0.667. The Morgan fingerprint density at radius 1 is 1.44 bits per heavy atom. The molecule has 0 bridgehead atoms. The average Bonchev–Trinajstić information content (AvgIpc) is 2.22. The average molecular weight is 245 g/mol. The zero-order chi connectivity index (χ0) is 12.6. The number of carbonyl (C=O) groups is 2. The summed E-state index contributed by atoms with van der Waals surface area (Å²) in [6.07, 6.45) is 2.12. The fourth-order valence-corrected chi connectivity index (χ4v) is 1.59. The van der Waals surface area contributed by atoms with Crippen molar-refractivity contribution < 1.29 is 13.8 Å². The van der Waals surface area contributed by atoms with Gasteiger partial charge in [-0.2, -0.15) is 5.26 Å². The lowest BCUT2D eigenvalue weighted by molar-refractivity contribution is -0.139. The molecule has 0 heterocycles. The molecule has 0 saturated carbocycles. The van der Waals surface area contributed by atoms with Crippen molar-refractivity contribution in [3.8, 4) is 6.07 Å². The molecule has 0 rings (SSSR count). The number of nitriles is 1. The second-order valence-electron chi connectivity index (χ2n) is 3.28. The van der Waals surface area contributed by atoms with Crippen molar-refractivity contribution in [2.24, 2.45) is 0 Å². The van der Waals surface area contributed by atoms with Gasteiger partial charge >= 0.3 is 11.8 Å². The van der Waals surface area contributed by atoms with E-state index in [0.717, 1.165) is 0 Å². The molecule has 0 saturated heterocycles. The Kier molecular flexibility index (Phi) is 7.12.